The molecule has 2 rings (SSSR count). The van der Waals surface area contributed by atoms with Gasteiger partial charge in [0, 0.05) is 19.2 Å². The Morgan fingerprint density at radius 2 is 2.13 bits per heavy atom. The van der Waals surface area contributed by atoms with E-state index >= 15 is 0 Å². The first-order valence-corrected chi connectivity index (χ1v) is 5.83. The molecule has 1 aliphatic carbocycles. The number of carboxylic acid groups (broad SMARTS) is 1. The molecule has 4 heteroatoms. The highest BCUT2D eigenvalue weighted by Gasteiger charge is 2.29. The second-order valence-corrected chi connectivity index (χ2v) is 4.54. The average molecular weight is 213 g/mol. The van der Waals surface area contributed by atoms with Crippen molar-refractivity contribution < 1.29 is 14.6 Å². The Labute approximate surface area is 90.2 Å². The predicted molar refractivity (Wildman–Crippen MR) is 55.8 cm³/mol. The fourth-order valence-electron chi connectivity index (χ4n) is 2.32. The lowest BCUT2D eigenvalue weighted by atomic mass is 9.91. The molecule has 1 heterocycles. The van der Waals surface area contributed by atoms with Crippen LogP contribution >= 0.6 is 0 Å². The van der Waals surface area contributed by atoms with Gasteiger partial charge in [0.1, 0.15) is 0 Å². The molecule has 1 saturated carbocycles. The Morgan fingerprint density at radius 3 is 2.60 bits per heavy atom. The van der Waals surface area contributed by atoms with Crippen LogP contribution in [0.5, 0.6) is 0 Å². The molecular weight excluding hydrogens is 194 g/mol. The maximum atomic E-state index is 10.7. The number of rotatable bonds is 5. The van der Waals surface area contributed by atoms with Crippen molar-refractivity contribution in [2.45, 2.75) is 44.2 Å². The summed E-state index contributed by atoms with van der Waals surface area (Å²) in [5, 5.41) is 8.84. The molecule has 0 radical (unpaired) electrons. The minimum absolute atomic E-state index is 0.171. The normalized spacial score (nSPS) is 26.9. The van der Waals surface area contributed by atoms with Crippen molar-refractivity contribution in [1.29, 1.82) is 0 Å². The molecule has 1 saturated heterocycles. The molecule has 1 atom stereocenters. The molecule has 0 bridgehead atoms. The minimum Gasteiger partial charge on any atom is -0.480 e. The van der Waals surface area contributed by atoms with E-state index in [1.54, 1.807) is 0 Å². The number of nitrogens with zero attached hydrogens (tertiary/aromatic N) is 1. The van der Waals surface area contributed by atoms with E-state index in [1.165, 1.54) is 6.42 Å². The Morgan fingerprint density at radius 1 is 1.33 bits per heavy atom. The topological polar surface area (TPSA) is 49.8 Å². The van der Waals surface area contributed by atoms with Gasteiger partial charge in [-0.25, -0.2) is 0 Å². The number of carbonyl (C=O) groups is 1. The molecule has 0 aromatic heterocycles. The van der Waals surface area contributed by atoms with E-state index in [9.17, 15) is 4.79 Å². The number of aliphatic carboxylic acids is 1. The van der Waals surface area contributed by atoms with E-state index in [0.717, 1.165) is 38.8 Å². The van der Waals surface area contributed by atoms with Gasteiger partial charge in [-0.3, -0.25) is 9.69 Å². The van der Waals surface area contributed by atoms with Crippen molar-refractivity contribution >= 4 is 5.97 Å². The Balaban J connectivity index is 1.82. The van der Waals surface area contributed by atoms with Crippen molar-refractivity contribution in [2.75, 3.05) is 19.7 Å². The SMILES string of the molecule is O=C(O)CN(CC1CCCO1)C1CCC1. The number of carboxylic acids is 1. The zero-order chi connectivity index (χ0) is 10.7. The molecule has 0 amide bonds. The highest BCUT2D eigenvalue weighted by atomic mass is 16.5. The summed E-state index contributed by atoms with van der Waals surface area (Å²) in [6.45, 7) is 1.82. The molecule has 2 aliphatic rings. The molecular formula is C11H19NO3. The Bertz CT molecular complexity index is 222. The molecule has 2 fully saturated rings. The van der Waals surface area contributed by atoms with Gasteiger partial charge in [0.2, 0.25) is 0 Å². The van der Waals surface area contributed by atoms with Crippen LogP contribution in [0, 0.1) is 0 Å². The van der Waals surface area contributed by atoms with Gasteiger partial charge in [-0.15, -0.1) is 0 Å². The average Bonchev–Trinajstić information content (AvgIpc) is 2.51. The van der Waals surface area contributed by atoms with Crippen LogP contribution in [0.4, 0.5) is 0 Å². The van der Waals surface area contributed by atoms with Crippen LogP contribution in [0.1, 0.15) is 32.1 Å². The Hall–Kier alpha value is -0.610. The van der Waals surface area contributed by atoms with Crippen molar-refractivity contribution in [3.8, 4) is 0 Å². The van der Waals surface area contributed by atoms with Gasteiger partial charge in [0.25, 0.3) is 0 Å². The van der Waals surface area contributed by atoms with Crippen molar-refractivity contribution in [3.63, 3.8) is 0 Å². The second-order valence-electron chi connectivity index (χ2n) is 4.54. The summed E-state index contributed by atoms with van der Waals surface area (Å²) in [4.78, 5) is 12.8. The van der Waals surface area contributed by atoms with Gasteiger partial charge in [-0.05, 0) is 25.7 Å². The van der Waals surface area contributed by atoms with Gasteiger partial charge < -0.3 is 9.84 Å². The zero-order valence-electron chi connectivity index (χ0n) is 9.02. The minimum atomic E-state index is -0.722. The summed E-state index contributed by atoms with van der Waals surface area (Å²) in [7, 11) is 0. The second kappa shape index (κ2) is 4.94. The lowest BCUT2D eigenvalue weighted by molar-refractivity contribution is -0.139. The van der Waals surface area contributed by atoms with E-state index in [0.29, 0.717) is 6.04 Å². The first kappa shape index (κ1) is 10.9. The van der Waals surface area contributed by atoms with Crippen LogP contribution in [0.3, 0.4) is 0 Å². The molecule has 0 spiro atoms. The summed E-state index contributed by atoms with van der Waals surface area (Å²) < 4.78 is 5.55. The Kier molecular flexibility index (Phi) is 3.59. The van der Waals surface area contributed by atoms with Gasteiger partial charge >= 0.3 is 5.97 Å². The quantitative estimate of drug-likeness (QED) is 0.743. The third-order valence-corrected chi connectivity index (χ3v) is 3.39. The van der Waals surface area contributed by atoms with E-state index in [1.807, 2.05) is 0 Å². The standard InChI is InChI=1S/C11H19NO3/c13-11(14)8-12(9-3-1-4-9)7-10-5-2-6-15-10/h9-10H,1-8H2,(H,13,14). The van der Waals surface area contributed by atoms with E-state index in [2.05, 4.69) is 4.90 Å². The molecule has 4 nitrogen and oxygen atoms in total. The van der Waals surface area contributed by atoms with Gasteiger partial charge in [-0.2, -0.15) is 0 Å². The summed E-state index contributed by atoms with van der Waals surface area (Å²) in [6.07, 6.45) is 6.02. The summed E-state index contributed by atoms with van der Waals surface area (Å²) in [5.74, 6) is -0.722. The molecule has 1 aliphatic heterocycles. The number of hydrogen-bond acceptors (Lipinski definition) is 3. The van der Waals surface area contributed by atoms with Crippen molar-refractivity contribution in [2.24, 2.45) is 0 Å². The van der Waals surface area contributed by atoms with Crippen LogP contribution in [0.15, 0.2) is 0 Å². The van der Waals surface area contributed by atoms with Crippen LogP contribution in [0.2, 0.25) is 0 Å². The highest BCUT2D eigenvalue weighted by molar-refractivity contribution is 5.69. The number of ether oxygens (including phenoxy) is 1. The van der Waals surface area contributed by atoms with Gasteiger partial charge in [0.15, 0.2) is 0 Å². The number of hydrogen-bond donors (Lipinski definition) is 1. The van der Waals surface area contributed by atoms with Gasteiger partial charge in [-0.1, -0.05) is 6.42 Å². The summed E-state index contributed by atoms with van der Waals surface area (Å²) in [5.41, 5.74) is 0. The van der Waals surface area contributed by atoms with Crippen molar-refractivity contribution in [1.82, 2.24) is 4.90 Å². The summed E-state index contributed by atoms with van der Waals surface area (Å²) in [6, 6.07) is 0.491. The van der Waals surface area contributed by atoms with E-state index < -0.39 is 5.97 Å². The highest BCUT2D eigenvalue weighted by Crippen LogP contribution is 2.26. The maximum Gasteiger partial charge on any atom is 0.317 e. The third-order valence-electron chi connectivity index (χ3n) is 3.39. The first-order chi connectivity index (χ1) is 7.25. The lowest BCUT2D eigenvalue weighted by Crippen LogP contribution is -2.46. The monoisotopic (exact) mass is 213 g/mol. The van der Waals surface area contributed by atoms with Crippen LogP contribution < -0.4 is 0 Å². The molecule has 86 valence electrons. The predicted octanol–water partition coefficient (Wildman–Crippen LogP) is 1.10. The fraction of sp³-hybridized carbons (Fsp3) is 0.909. The van der Waals surface area contributed by atoms with Crippen LogP contribution in [0.25, 0.3) is 0 Å². The largest absolute Gasteiger partial charge is 0.480 e. The molecule has 0 aromatic carbocycles. The molecule has 15 heavy (non-hydrogen) atoms. The maximum absolute atomic E-state index is 10.7. The first-order valence-electron chi connectivity index (χ1n) is 5.83. The van der Waals surface area contributed by atoms with Crippen molar-refractivity contribution in [3.05, 3.63) is 0 Å². The fourth-order valence-corrected chi connectivity index (χ4v) is 2.32. The third kappa shape index (κ3) is 2.92. The summed E-state index contributed by atoms with van der Waals surface area (Å²) >= 11 is 0. The van der Waals surface area contributed by atoms with E-state index in [4.69, 9.17) is 9.84 Å². The molecule has 1 N–H and O–H groups in total. The van der Waals surface area contributed by atoms with E-state index in [-0.39, 0.29) is 12.6 Å². The zero-order valence-corrected chi connectivity index (χ0v) is 9.02. The van der Waals surface area contributed by atoms with Crippen LogP contribution in [-0.2, 0) is 9.53 Å². The lowest BCUT2D eigenvalue weighted by Gasteiger charge is -2.37. The smallest absolute Gasteiger partial charge is 0.317 e. The van der Waals surface area contributed by atoms with Gasteiger partial charge in [0.05, 0.1) is 12.6 Å². The molecule has 1 unspecified atom stereocenters. The van der Waals surface area contributed by atoms with Crippen LogP contribution in [-0.4, -0.2) is 47.8 Å². The molecule has 0 aromatic rings.